The molecule has 0 aliphatic rings. The van der Waals surface area contributed by atoms with E-state index >= 15 is 0 Å². The maximum absolute atomic E-state index is 13.4. The van der Waals surface area contributed by atoms with Crippen LogP contribution in [-0.4, -0.2) is 76.5 Å². The number of carboxylic acids is 2. The number of rotatable bonds is 18. The lowest BCUT2D eigenvalue weighted by Crippen LogP contribution is -2.59. The number of carbonyl (C=O) groups is 5. The Bertz CT molecular complexity index is 1020. The Morgan fingerprint density at radius 1 is 0.925 bits per heavy atom. The van der Waals surface area contributed by atoms with E-state index in [9.17, 15) is 29.1 Å². The van der Waals surface area contributed by atoms with Gasteiger partial charge in [-0.15, -0.1) is 0 Å². The van der Waals surface area contributed by atoms with Crippen LogP contribution in [0, 0.1) is 11.3 Å². The molecule has 5 atom stereocenters. The van der Waals surface area contributed by atoms with Crippen LogP contribution in [0.15, 0.2) is 30.3 Å². The highest BCUT2D eigenvalue weighted by molar-refractivity contribution is 5.94. The van der Waals surface area contributed by atoms with Crippen LogP contribution < -0.4 is 32.7 Å². The molecule has 14 nitrogen and oxygen atoms in total. The molecule has 222 valence electrons. The Morgan fingerprint density at radius 3 is 2.10 bits per heavy atom. The van der Waals surface area contributed by atoms with Gasteiger partial charge in [0.25, 0.3) is 0 Å². The largest absolute Gasteiger partial charge is 0.481 e. The van der Waals surface area contributed by atoms with Crippen molar-refractivity contribution in [2.75, 3.05) is 6.54 Å². The van der Waals surface area contributed by atoms with E-state index in [2.05, 4.69) is 21.3 Å². The molecule has 0 aromatic heterocycles. The molecular weight excluding hydrogens is 522 g/mol. The number of guanidine groups is 1. The van der Waals surface area contributed by atoms with Crippen LogP contribution >= 0.6 is 0 Å². The first-order chi connectivity index (χ1) is 18.8. The van der Waals surface area contributed by atoms with Crippen LogP contribution in [-0.2, 0) is 30.4 Å². The highest BCUT2D eigenvalue weighted by Gasteiger charge is 2.32. The van der Waals surface area contributed by atoms with Gasteiger partial charge in [-0.1, -0.05) is 50.6 Å². The third-order valence-corrected chi connectivity index (χ3v) is 6.31. The van der Waals surface area contributed by atoms with Crippen LogP contribution in [0.5, 0.6) is 0 Å². The van der Waals surface area contributed by atoms with Crippen molar-refractivity contribution in [2.45, 2.75) is 76.5 Å². The van der Waals surface area contributed by atoms with E-state index in [1.807, 2.05) is 6.92 Å². The second-order valence-electron chi connectivity index (χ2n) is 9.54. The predicted molar refractivity (Wildman–Crippen MR) is 147 cm³/mol. The number of hydrogen-bond donors (Lipinski definition) is 9. The predicted octanol–water partition coefficient (Wildman–Crippen LogP) is -0.730. The first kappa shape index (κ1) is 33.8. The number of nitrogens with one attached hydrogen (secondary N) is 5. The van der Waals surface area contributed by atoms with E-state index < -0.39 is 53.8 Å². The number of amides is 3. The average molecular weight is 564 g/mol. The Hall–Kier alpha value is -4.20. The van der Waals surface area contributed by atoms with E-state index in [0.29, 0.717) is 18.4 Å². The van der Waals surface area contributed by atoms with Gasteiger partial charge in [0.05, 0.1) is 6.04 Å². The van der Waals surface area contributed by atoms with E-state index in [1.54, 1.807) is 37.3 Å². The first-order valence-electron chi connectivity index (χ1n) is 13.1. The van der Waals surface area contributed by atoms with Crippen molar-refractivity contribution in [1.82, 2.24) is 21.3 Å². The molecule has 1 rings (SSSR count). The van der Waals surface area contributed by atoms with Gasteiger partial charge in [-0.25, -0.2) is 4.79 Å². The van der Waals surface area contributed by atoms with Crippen LogP contribution in [0.2, 0.25) is 0 Å². The van der Waals surface area contributed by atoms with Crippen LogP contribution in [0.1, 0.15) is 51.5 Å². The molecule has 0 radical (unpaired) electrons. The molecule has 11 N–H and O–H groups in total. The Morgan fingerprint density at radius 2 is 1.55 bits per heavy atom. The topological polar surface area (TPSA) is 250 Å². The summed E-state index contributed by atoms with van der Waals surface area (Å²) < 4.78 is 0. The number of aliphatic carboxylic acids is 2. The molecule has 3 amide bonds. The monoisotopic (exact) mass is 563 g/mol. The molecular formula is C26H41N7O7. The number of hydrogen-bond acceptors (Lipinski definition) is 7. The van der Waals surface area contributed by atoms with Crippen molar-refractivity contribution in [3.63, 3.8) is 0 Å². The lowest BCUT2D eigenvalue weighted by molar-refractivity contribution is -0.142. The van der Waals surface area contributed by atoms with Crippen molar-refractivity contribution < 1.29 is 34.2 Å². The van der Waals surface area contributed by atoms with Crippen LogP contribution in [0.25, 0.3) is 0 Å². The Balaban J connectivity index is 3.08. The lowest BCUT2D eigenvalue weighted by Gasteiger charge is -2.28. The molecule has 0 saturated heterocycles. The quantitative estimate of drug-likeness (QED) is 0.0615. The molecule has 0 unspecified atom stereocenters. The van der Waals surface area contributed by atoms with Gasteiger partial charge in [0.1, 0.15) is 18.1 Å². The Labute approximate surface area is 233 Å². The second kappa shape index (κ2) is 17.4. The minimum atomic E-state index is -1.26. The highest BCUT2D eigenvalue weighted by atomic mass is 16.4. The standard InChI is InChI=1S/C26H41N7O7/c1-3-15(2)21(33-22(36)17(27)11-12-20(34)35)24(38)32-19(14-16-8-5-4-6-9-16)23(37)31-18(25(39)40)10-7-13-30-26(28)29/h4-6,8-9,15,17-19,21H,3,7,10-14,27H2,1-2H3,(H,31,37)(H,32,38)(H,33,36)(H,34,35)(H,39,40)(H4,28,29,30)/t15-,17-,18-,19-,21-/m0/s1. The normalized spacial score (nSPS) is 14.5. The molecule has 0 spiro atoms. The Kier molecular flexibility index (Phi) is 14.7. The molecule has 0 saturated carbocycles. The fourth-order valence-corrected chi connectivity index (χ4v) is 3.75. The van der Waals surface area contributed by atoms with E-state index in [4.69, 9.17) is 22.0 Å². The summed E-state index contributed by atoms with van der Waals surface area (Å²) in [4.78, 5) is 61.9. The second-order valence-corrected chi connectivity index (χ2v) is 9.54. The van der Waals surface area contributed by atoms with Gasteiger partial charge in [0.15, 0.2) is 5.96 Å². The van der Waals surface area contributed by atoms with Crippen molar-refractivity contribution >= 4 is 35.6 Å². The number of carbonyl (C=O) groups excluding carboxylic acids is 3. The molecule has 1 aromatic carbocycles. The maximum Gasteiger partial charge on any atom is 0.326 e. The summed E-state index contributed by atoms with van der Waals surface area (Å²) in [6.07, 6.45) is 0.463. The minimum absolute atomic E-state index is 0.0487. The van der Waals surface area contributed by atoms with Crippen LogP contribution in [0.4, 0.5) is 0 Å². The summed E-state index contributed by atoms with van der Waals surface area (Å²) in [5.74, 6) is -5.08. The molecule has 0 bridgehead atoms. The van der Waals surface area contributed by atoms with Crippen molar-refractivity contribution in [1.29, 1.82) is 5.41 Å². The summed E-state index contributed by atoms with van der Waals surface area (Å²) in [5, 5.41) is 35.9. The summed E-state index contributed by atoms with van der Waals surface area (Å²) in [6, 6.07) is 4.16. The summed E-state index contributed by atoms with van der Waals surface area (Å²) in [5.41, 5.74) is 11.7. The van der Waals surface area contributed by atoms with Crippen molar-refractivity contribution in [3.8, 4) is 0 Å². The zero-order valence-electron chi connectivity index (χ0n) is 22.8. The van der Waals surface area contributed by atoms with Crippen LogP contribution in [0.3, 0.4) is 0 Å². The lowest BCUT2D eigenvalue weighted by atomic mass is 9.96. The zero-order valence-corrected chi connectivity index (χ0v) is 22.8. The molecule has 1 aromatic rings. The molecule has 0 aliphatic heterocycles. The number of benzene rings is 1. The highest BCUT2D eigenvalue weighted by Crippen LogP contribution is 2.11. The average Bonchev–Trinajstić information content (AvgIpc) is 2.90. The first-order valence-corrected chi connectivity index (χ1v) is 13.1. The molecule has 40 heavy (non-hydrogen) atoms. The van der Waals surface area contributed by atoms with Gasteiger partial charge in [0, 0.05) is 19.4 Å². The SMILES string of the molecule is CC[C@H](C)[C@H](NC(=O)[C@@H](N)CCC(=O)O)C(=O)N[C@@H](Cc1ccccc1)C(=O)N[C@@H](CCCNC(=N)N)C(=O)O. The van der Waals surface area contributed by atoms with E-state index in [-0.39, 0.29) is 44.1 Å². The van der Waals surface area contributed by atoms with Gasteiger partial charge in [-0.2, -0.15) is 0 Å². The maximum atomic E-state index is 13.4. The van der Waals surface area contributed by atoms with Gasteiger partial charge in [-0.05, 0) is 30.7 Å². The third-order valence-electron chi connectivity index (χ3n) is 6.31. The van der Waals surface area contributed by atoms with Crippen molar-refractivity contribution in [3.05, 3.63) is 35.9 Å². The zero-order chi connectivity index (χ0) is 30.2. The number of nitrogens with two attached hydrogens (primary N) is 2. The molecule has 14 heteroatoms. The smallest absolute Gasteiger partial charge is 0.326 e. The van der Waals surface area contributed by atoms with Gasteiger partial charge < -0.3 is 42.9 Å². The minimum Gasteiger partial charge on any atom is -0.481 e. The third kappa shape index (κ3) is 12.6. The van der Waals surface area contributed by atoms with Crippen molar-refractivity contribution in [2.24, 2.45) is 17.4 Å². The van der Waals surface area contributed by atoms with E-state index in [1.165, 1.54) is 0 Å². The summed E-state index contributed by atoms with van der Waals surface area (Å²) in [6.45, 7) is 3.78. The summed E-state index contributed by atoms with van der Waals surface area (Å²) >= 11 is 0. The van der Waals surface area contributed by atoms with E-state index in [0.717, 1.165) is 0 Å². The fourth-order valence-electron chi connectivity index (χ4n) is 3.75. The van der Waals surface area contributed by atoms with Gasteiger partial charge in [-0.3, -0.25) is 24.6 Å². The molecule has 0 aliphatic carbocycles. The summed E-state index contributed by atoms with van der Waals surface area (Å²) in [7, 11) is 0. The number of carboxylic acid groups (broad SMARTS) is 2. The van der Waals surface area contributed by atoms with Gasteiger partial charge >= 0.3 is 11.9 Å². The fraction of sp³-hybridized carbons (Fsp3) is 0.538. The molecule has 0 heterocycles. The van der Waals surface area contributed by atoms with Gasteiger partial charge in [0.2, 0.25) is 17.7 Å². The molecule has 0 fully saturated rings.